The molecule has 2 rings (SSSR count). The van der Waals surface area contributed by atoms with E-state index >= 15 is 0 Å². The standard InChI is InChI=1S/C15H13ClO2/c1-2-12-5-3-4-6-14(12)18-15-8-7-11(10-17)9-13(15)16/h3-10H,2H2,1H3. The Morgan fingerprint density at radius 2 is 1.94 bits per heavy atom. The molecule has 2 aromatic carbocycles. The van der Waals surface area contributed by atoms with Gasteiger partial charge in [-0.25, -0.2) is 0 Å². The first kappa shape index (κ1) is 12.7. The monoisotopic (exact) mass is 260 g/mol. The number of rotatable bonds is 4. The van der Waals surface area contributed by atoms with Crippen molar-refractivity contribution in [1.82, 2.24) is 0 Å². The fraction of sp³-hybridized carbons (Fsp3) is 0.133. The van der Waals surface area contributed by atoms with Crippen molar-refractivity contribution in [2.75, 3.05) is 0 Å². The van der Waals surface area contributed by atoms with Gasteiger partial charge in [0.2, 0.25) is 0 Å². The second-order valence-electron chi connectivity index (χ2n) is 3.87. The lowest BCUT2D eigenvalue weighted by Crippen LogP contribution is -1.91. The molecule has 0 radical (unpaired) electrons. The summed E-state index contributed by atoms with van der Waals surface area (Å²) in [5, 5.41) is 0.436. The highest BCUT2D eigenvalue weighted by Gasteiger charge is 2.06. The zero-order chi connectivity index (χ0) is 13.0. The van der Waals surface area contributed by atoms with E-state index in [4.69, 9.17) is 16.3 Å². The van der Waals surface area contributed by atoms with Gasteiger partial charge in [0, 0.05) is 5.56 Å². The molecule has 2 nitrogen and oxygen atoms in total. The number of benzene rings is 2. The molecule has 0 aliphatic heterocycles. The number of aldehydes is 1. The lowest BCUT2D eigenvalue weighted by atomic mass is 10.1. The summed E-state index contributed by atoms with van der Waals surface area (Å²) in [5.41, 5.74) is 1.66. The van der Waals surface area contributed by atoms with E-state index in [9.17, 15) is 4.79 Å². The second kappa shape index (κ2) is 5.69. The maximum atomic E-state index is 10.6. The Kier molecular flexibility index (Phi) is 4.00. The Morgan fingerprint density at radius 3 is 2.61 bits per heavy atom. The number of ether oxygens (including phenoxy) is 1. The van der Waals surface area contributed by atoms with Gasteiger partial charge in [-0.05, 0) is 36.2 Å². The van der Waals surface area contributed by atoms with Crippen molar-refractivity contribution in [3.05, 3.63) is 58.6 Å². The molecule has 0 heterocycles. The zero-order valence-electron chi connectivity index (χ0n) is 10.0. The Morgan fingerprint density at radius 1 is 1.17 bits per heavy atom. The fourth-order valence-corrected chi connectivity index (χ4v) is 1.91. The molecule has 0 atom stereocenters. The molecular weight excluding hydrogens is 248 g/mol. The van der Waals surface area contributed by atoms with E-state index in [0.717, 1.165) is 24.0 Å². The highest BCUT2D eigenvalue weighted by molar-refractivity contribution is 6.32. The van der Waals surface area contributed by atoms with Crippen LogP contribution in [0.25, 0.3) is 0 Å². The number of aryl methyl sites for hydroxylation is 1. The van der Waals surface area contributed by atoms with Crippen LogP contribution in [0.15, 0.2) is 42.5 Å². The van der Waals surface area contributed by atoms with Gasteiger partial charge in [-0.2, -0.15) is 0 Å². The van der Waals surface area contributed by atoms with Crippen molar-refractivity contribution in [3.8, 4) is 11.5 Å². The summed E-state index contributed by atoms with van der Waals surface area (Å²) in [7, 11) is 0. The second-order valence-corrected chi connectivity index (χ2v) is 4.28. The van der Waals surface area contributed by atoms with Crippen LogP contribution in [0.4, 0.5) is 0 Å². The molecule has 0 N–H and O–H groups in total. The van der Waals surface area contributed by atoms with E-state index < -0.39 is 0 Å². The van der Waals surface area contributed by atoms with Gasteiger partial charge in [-0.3, -0.25) is 4.79 Å². The van der Waals surface area contributed by atoms with Crippen LogP contribution in [0.5, 0.6) is 11.5 Å². The van der Waals surface area contributed by atoms with E-state index in [-0.39, 0.29) is 0 Å². The average molecular weight is 261 g/mol. The third-order valence-corrected chi connectivity index (χ3v) is 2.96. The molecule has 0 aliphatic rings. The molecule has 0 fully saturated rings. The first-order valence-corrected chi connectivity index (χ1v) is 6.13. The molecule has 0 aromatic heterocycles. The van der Waals surface area contributed by atoms with Crippen molar-refractivity contribution in [2.45, 2.75) is 13.3 Å². The average Bonchev–Trinajstić information content (AvgIpc) is 2.41. The topological polar surface area (TPSA) is 26.3 Å². The van der Waals surface area contributed by atoms with E-state index in [1.165, 1.54) is 0 Å². The number of carbonyl (C=O) groups is 1. The molecule has 92 valence electrons. The van der Waals surface area contributed by atoms with E-state index in [1.54, 1.807) is 18.2 Å². The van der Waals surface area contributed by atoms with E-state index in [1.807, 2.05) is 24.3 Å². The molecule has 0 aliphatic carbocycles. The minimum atomic E-state index is 0.436. The van der Waals surface area contributed by atoms with Crippen LogP contribution < -0.4 is 4.74 Å². The first-order chi connectivity index (χ1) is 8.74. The van der Waals surface area contributed by atoms with Gasteiger partial charge in [0.05, 0.1) is 5.02 Å². The maximum absolute atomic E-state index is 10.6. The summed E-state index contributed by atoms with van der Waals surface area (Å²) in [4.78, 5) is 10.6. The Labute approximate surface area is 111 Å². The van der Waals surface area contributed by atoms with Crippen LogP contribution in [0.2, 0.25) is 5.02 Å². The number of hydrogen-bond donors (Lipinski definition) is 0. The highest BCUT2D eigenvalue weighted by atomic mass is 35.5. The van der Waals surface area contributed by atoms with Crippen LogP contribution in [0.3, 0.4) is 0 Å². The predicted molar refractivity (Wildman–Crippen MR) is 72.7 cm³/mol. The van der Waals surface area contributed by atoms with Crippen LogP contribution >= 0.6 is 11.6 Å². The molecule has 0 unspecified atom stereocenters. The molecule has 0 bridgehead atoms. The van der Waals surface area contributed by atoms with Gasteiger partial charge in [-0.15, -0.1) is 0 Å². The quantitative estimate of drug-likeness (QED) is 0.756. The Hall–Kier alpha value is -1.80. The van der Waals surface area contributed by atoms with Crippen LogP contribution in [0, 0.1) is 0 Å². The van der Waals surface area contributed by atoms with Crippen LogP contribution in [-0.4, -0.2) is 6.29 Å². The largest absolute Gasteiger partial charge is 0.456 e. The molecule has 0 amide bonds. The molecular formula is C15H13ClO2. The van der Waals surface area contributed by atoms with Crippen molar-refractivity contribution >= 4 is 17.9 Å². The number of halogens is 1. The summed E-state index contributed by atoms with van der Waals surface area (Å²) in [6.45, 7) is 2.07. The van der Waals surface area contributed by atoms with Crippen molar-refractivity contribution in [2.24, 2.45) is 0 Å². The first-order valence-electron chi connectivity index (χ1n) is 5.75. The fourth-order valence-electron chi connectivity index (χ4n) is 1.69. The number of hydrogen-bond acceptors (Lipinski definition) is 2. The molecule has 0 saturated heterocycles. The van der Waals surface area contributed by atoms with Crippen molar-refractivity contribution in [3.63, 3.8) is 0 Å². The van der Waals surface area contributed by atoms with Gasteiger partial charge < -0.3 is 4.74 Å². The zero-order valence-corrected chi connectivity index (χ0v) is 10.8. The van der Waals surface area contributed by atoms with Crippen molar-refractivity contribution in [1.29, 1.82) is 0 Å². The highest BCUT2D eigenvalue weighted by Crippen LogP contribution is 2.31. The summed E-state index contributed by atoms with van der Waals surface area (Å²) in [6.07, 6.45) is 1.65. The third-order valence-electron chi connectivity index (χ3n) is 2.67. The molecule has 18 heavy (non-hydrogen) atoms. The Balaban J connectivity index is 2.31. The maximum Gasteiger partial charge on any atom is 0.150 e. The van der Waals surface area contributed by atoms with Gasteiger partial charge in [0.25, 0.3) is 0 Å². The Bertz CT molecular complexity index is 564. The molecule has 0 spiro atoms. The molecule has 3 heteroatoms. The smallest absolute Gasteiger partial charge is 0.150 e. The summed E-state index contributed by atoms with van der Waals surface area (Å²) in [6, 6.07) is 12.8. The van der Waals surface area contributed by atoms with E-state index in [2.05, 4.69) is 6.92 Å². The van der Waals surface area contributed by atoms with Gasteiger partial charge in [0.15, 0.2) is 0 Å². The third kappa shape index (κ3) is 2.71. The minimum Gasteiger partial charge on any atom is -0.456 e. The predicted octanol–water partition coefficient (Wildman–Crippen LogP) is 4.51. The summed E-state index contributed by atoms with van der Waals surface area (Å²) < 4.78 is 5.78. The summed E-state index contributed by atoms with van der Waals surface area (Å²) >= 11 is 6.07. The van der Waals surface area contributed by atoms with Crippen LogP contribution in [0.1, 0.15) is 22.8 Å². The van der Waals surface area contributed by atoms with Crippen LogP contribution in [-0.2, 0) is 6.42 Å². The van der Waals surface area contributed by atoms with Gasteiger partial charge in [-0.1, -0.05) is 36.7 Å². The molecule has 2 aromatic rings. The summed E-state index contributed by atoms with van der Waals surface area (Å²) in [5.74, 6) is 1.35. The van der Waals surface area contributed by atoms with Gasteiger partial charge in [0.1, 0.15) is 17.8 Å². The molecule has 0 saturated carbocycles. The van der Waals surface area contributed by atoms with E-state index in [0.29, 0.717) is 16.3 Å². The number of carbonyl (C=O) groups excluding carboxylic acids is 1. The minimum absolute atomic E-state index is 0.436. The van der Waals surface area contributed by atoms with Gasteiger partial charge >= 0.3 is 0 Å². The SMILES string of the molecule is CCc1ccccc1Oc1ccc(C=O)cc1Cl. The van der Waals surface area contributed by atoms with Crippen molar-refractivity contribution < 1.29 is 9.53 Å². The lowest BCUT2D eigenvalue weighted by molar-refractivity contribution is 0.112. The number of para-hydroxylation sites is 1. The lowest BCUT2D eigenvalue weighted by Gasteiger charge is -2.11. The normalized spacial score (nSPS) is 10.1.